The van der Waals surface area contributed by atoms with Gasteiger partial charge in [-0.15, -0.1) is 11.3 Å². The third kappa shape index (κ3) is 3.17. The van der Waals surface area contributed by atoms with Gasteiger partial charge in [0.15, 0.2) is 5.13 Å². The number of hydrogen-bond acceptors (Lipinski definition) is 4. The van der Waals surface area contributed by atoms with Gasteiger partial charge in [-0.25, -0.2) is 4.98 Å². The Morgan fingerprint density at radius 2 is 2.15 bits per heavy atom. The highest BCUT2D eigenvalue weighted by Crippen LogP contribution is 2.38. The molecule has 0 amide bonds. The Kier molecular flexibility index (Phi) is 4.94. The third-order valence-electron chi connectivity index (χ3n) is 4.76. The molecule has 1 saturated heterocycles. The molecular weight excluding hydrogens is 266 g/mol. The maximum atomic E-state index is 4.71. The molecule has 2 heterocycles. The summed E-state index contributed by atoms with van der Waals surface area (Å²) in [4.78, 5) is 8.72. The average Bonchev–Trinajstić information content (AvgIpc) is 2.96. The first-order chi connectivity index (χ1) is 9.88. The van der Waals surface area contributed by atoms with E-state index in [4.69, 9.17) is 4.98 Å². The lowest BCUT2D eigenvalue weighted by molar-refractivity contribution is 0.243. The fourth-order valence-corrected chi connectivity index (χ4v) is 4.73. The Morgan fingerprint density at radius 3 is 3.05 bits per heavy atom. The number of rotatable bonds is 5. The van der Waals surface area contributed by atoms with Crippen molar-refractivity contribution in [1.29, 1.82) is 0 Å². The Hall–Kier alpha value is -0.610. The second-order valence-corrected chi connectivity index (χ2v) is 7.33. The molecule has 1 aromatic heterocycles. The molecule has 112 valence electrons. The van der Waals surface area contributed by atoms with E-state index in [1.54, 1.807) is 0 Å². The molecule has 0 radical (unpaired) electrons. The molecule has 0 spiro atoms. The summed E-state index contributed by atoms with van der Waals surface area (Å²) in [6, 6.07) is 0.778. The highest BCUT2D eigenvalue weighted by atomic mass is 32.1. The van der Waals surface area contributed by atoms with Crippen LogP contribution in [-0.2, 0) is 6.54 Å². The molecule has 0 aromatic carbocycles. The Bertz CT molecular complexity index is 416. The maximum absolute atomic E-state index is 4.71. The van der Waals surface area contributed by atoms with Crippen LogP contribution < -0.4 is 10.2 Å². The summed E-state index contributed by atoms with van der Waals surface area (Å²) in [5.74, 6) is 0.933. The van der Waals surface area contributed by atoms with Crippen LogP contribution in [-0.4, -0.2) is 24.1 Å². The summed E-state index contributed by atoms with van der Waals surface area (Å²) in [6.07, 6.45) is 11.7. The highest BCUT2D eigenvalue weighted by Gasteiger charge is 2.34. The molecule has 1 aliphatic heterocycles. The number of piperidine rings is 1. The van der Waals surface area contributed by atoms with Crippen LogP contribution in [0.25, 0.3) is 0 Å². The Morgan fingerprint density at radius 1 is 1.30 bits per heavy atom. The number of anilines is 1. The molecule has 20 heavy (non-hydrogen) atoms. The van der Waals surface area contributed by atoms with Gasteiger partial charge in [0.1, 0.15) is 0 Å². The zero-order valence-electron chi connectivity index (χ0n) is 12.6. The average molecular weight is 293 g/mol. The quantitative estimate of drug-likeness (QED) is 0.837. The standard InChI is InChI=1S/C16H27N3S/c1-2-9-17-11-14-12-18-16(20-14)19-10-5-7-13-6-3-4-8-15(13)19/h12-13,15,17H,2-11H2,1H3. The van der Waals surface area contributed by atoms with E-state index in [9.17, 15) is 0 Å². The minimum atomic E-state index is 0.778. The monoisotopic (exact) mass is 293 g/mol. The summed E-state index contributed by atoms with van der Waals surface area (Å²) < 4.78 is 0. The second-order valence-electron chi connectivity index (χ2n) is 6.23. The number of fused-ring (bicyclic) bond motifs is 1. The van der Waals surface area contributed by atoms with E-state index < -0.39 is 0 Å². The van der Waals surface area contributed by atoms with E-state index in [1.165, 1.54) is 61.5 Å². The van der Waals surface area contributed by atoms with Gasteiger partial charge in [0.25, 0.3) is 0 Å². The van der Waals surface area contributed by atoms with Gasteiger partial charge in [-0.3, -0.25) is 0 Å². The lowest BCUT2D eigenvalue weighted by Gasteiger charge is -2.44. The highest BCUT2D eigenvalue weighted by molar-refractivity contribution is 7.15. The van der Waals surface area contributed by atoms with Crippen molar-refractivity contribution >= 4 is 16.5 Å². The second kappa shape index (κ2) is 6.90. The van der Waals surface area contributed by atoms with E-state index in [-0.39, 0.29) is 0 Å². The van der Waals surface area contributed by atoms with E-state index in [0.29, 0.717) is 0 Å². The Balaban J connectivity index is 1.65. The molecule has 1 aromatic rings. The molecule has 2 atom stereocenters. The minimum Gasteiger partial charge on any atom is -0.345 e. The molecule has 1 aliphatic carbocycles. The first-order valence-electron chi connectivity index (χ1n) is 8.30. The fourth-order valence-electron chi connectivity index (χ4n) is 3.76. The maximum Gasteiger partial charge on any atom is 0.185 e. The van der Waals surface area contributed by atoms with Crippen LogP contribution in [0, 0.1) is 5.92 Å². The zero-order chi connectivity index (χ0) is 13.8. The molecule has 0 bridgehead atoms. The lowest BCUT2D eigenvalue weighted by Crippen LogP contribution is -2.46. The number of hydrogen-bond donors (Lipinski definition) is 1. The van der Waals surface area contributed by atoms with Gasteiger partial charge >= 0.3 is 0 Å². The predicted octanol–water partition coefficient (Wildman–Crippen LogP) is 3.80. The van der Waals surface area contributed by atoms with Crippen LogP contribution >= 0.6 is 11.3 Å². The summed E-state index contributed by atoms with van der Waals surface area (Å²) in [5, 5.41) is 4.75. The first-order valence-corrected chi connectivity index (χ1v) is 9.12. The fraction of sp³-hybridized carbons (Fsp3) is 0.812. The van der Waals surface area contributed by atoms with Crippen LogP contribution in [0.5, 0.6) is 0 Å². The molecule has 4 heteroatoms. The van der Waals surface area contributed by atoms with Gasteiger partial charge < -0.3 is 10.2 Å². The van der Waals surface area contributed by atoms with E-state index >= 15 is 0 Å². The van der Waals surface area contributed by atoms with Gasteiger partial charge in [-0.05, 0) is 44.6 Å². The lowest BCUT2D eigenvalue weighted by atomic mass is 9.78. The number of aromatic nitrogens is 1. The Labute approximate surface area is 126 Å². The van der Waals surface area contributed by atoms with E-state index in [0.717, 1.165) is 25.0 Å². The zero-order valence-corrected chi connectivity index (χ0v) is 13.4. The molecule has 1 N–H and O–H groups in total. The molecule has 2 fully saturated rings. The van der Waals surface area contributed by atoms with Gasteiger partial charge in [-0.1, -0.05) is 19.8 Å². The SMILES string of the molecule is CCCNCc1cnc(N2CCCC3CCCCC32)s1. The molecule has 3 rings (SSSR count). The third-order valence-corrected chi connectivity index (χ3v) is 5.79. The van der Waals surface area contributed by atoms with Crippen molar-refractivity contribution in [2.75, 3.05) is 18.0 Å². The molecular formula is C16H27N3S. The van der Waals surface area contributed by atoms with Crippen LogP contribution in [0.4, 0.5) is 5.13 Å². The van der Waals surface area contributed by atoms with Crippen molar-refractivity contribution < 1.29 is 0 Å². The minimum absolute atomic E-state index is 0.778. The van der Waals surface area contributed by atoms with Gasteiger partial charge in [0.05, 0.1) is 0 Å². The molecule has 2 aliphatic rings. The van der Waals surface area contributed by atoms with Crippen molar-refractivity contribution in [3.63, 3.8) is 0 Å². The van der Waals surface area contributed by atoms with Crippen molar-refractivity contribution in [2.45, 2.75) is 64.5 Å². The molecule has 2 unspecified atom stereocenters. The summed E-state index contributed by atoms with van der Waals surface area (Å²) in [5.41, 5.74) is 0. The van der Waals surface area contributed by atoms with Crippen LogP contribution in [0.3, 0.4) is 0 Å². The van der Waals surface area contributed by atoms with Gasteiger partial charge in [0, 0.05) is 30.2 Å². The smallest absolute Gasteiger partial charge is 0.185 e. The van der Waals surface area contributed by atoms with Crippen molar-refractivity contribution in [2.24, 2.45) is 5.92 Å². The molecule has 3 nitrogen and oxygen atoms in total. The van der Waals surface area contributed by atoms with Crippen molar-refractivity contribution in [3.8, 4) is 0 Å². The predicted molar refractivity (Wildman–Crippen MR) is 86.4 cm³/mol. The van der Waals surface area contributed by atoms with Gasteiger partial charge in [0.2, 0.25) is 0 Å². The van der Waals surface area contributed by atoms with E-state index in [1.807, 2.05) is 11.3 Å². The van der Waals surface area contributed by atoms with E-state index in [2.05, 4.69) is 23.3 Å². The number of thiazole rings is 1. The normalized spacial score (nSPS) is 26.6. The van der Waals surface area contributed by atoms with Gasteiger partial charge in [-0.2, -0.15) is 0 Å². The summed E-state index contributed by atoms with van der Waals surface area (Å²) in [7, 11) is 0. The molecule has 1 saturated carbocycles. The van der Waals surface area contributed by atoms with Crippen molar-refractivity contribution in [3.05, 3.63) is 11.1 Å². The van der Waals surface area contributed by atoms with Crippen LogP contribution in [0.15, 0.2) is 6.20 Å². The van der Waals surface area contributed by atoms with Crippen LogP contribution in [0.1, 0.15) is 56.7 Å². The van der Waals surface area contributed by atoms with Crippen molar-refractivity contribution in [1.82, 2.24) is 10.3 Å². The first kappa shape index (κ1) is 14.3. The summed E-state index contributed by atoms with van der Waals surface area (Å²) in [6.45, 7) is 5.51. The number of nitrogens with one attached hydrogen (secondary N) is 1. The topological polar surface area (TPSA) is 28.2 Å². The largest absolute Gasteiger partial charge is 0.345 e. The number of nitrogens with zero attached hydrogens (tertiary/aromatic N) is 2. The van der Waals surface area contributed by atoms with Crippen LogP contribution in [0.2, 0.25) is 0 Å². The summed E-state index contributed by atoms with van der Waals surface area (Å²) >= 11 is 1.90.